The summed E-state index contributed by atoms with van der Waals surface area (Å²) in [7, 11) is 0. The van der Waals surface area contributed by atoms with Crippen LogP contribution >= 0.6 is 0 Å². The van der Waals surface area contributed by atoms with Crippen LogP contribution in [0.2, 0.25) is 0 Å². The highest BCUT2D eigenvalue weighted by atomic mass is 16.3. The summed E-state index contributed by atoms with van der Waals surface area (Å²) >= 11 is 0. The number of hydrogen-bond donors (Lipinski definition) is 4. The number of nitrogens with two attached hydrogens (primary N) is 1. The number of amides is 2. The highest BCUT2D eigenvalue weighted by molar-refractivity contribution is 5.95. The molecule has 0 saturated heterocycles. The predicted octanol–water partition coefficient (Wildman–Crippen LogP) is -0.989. The highest BCUT2D eigenvalue weighted by Gasteiger charge is 2.10. The van der Waals surface area contributed by atoms with Crippen molar-refractivity contribution in [2.24, 2.45) is 5.73 Å². The average molecular weight is 281 g/mol. The number of nitrogens with zero attached hydrogens (tertiary/aromatic N) is 1. The van der Waals surface area contributed by atoms with E-state index in [4.69, 9.17) is 15.9 Å². The minimum absolute atomic E-state index is 0.0681. The highest BCUT2D eigenvalue weighted by Crippen LogP contribution is 2.09. The Morgan fingerprint density at radius 3 is 2.10 bits per heavy atom. The van der Waals surface area contributed by atoms with Gasteiger partial charge in [0, 0.05) is 24.3 Å². The normalized spacial score (nSPS) is 10.6. The lowest BCUT2D eigenvalue weighted by molar-refractivity contribution is -0.117. The van der Waals surface area contributed by atoms with E-state index in [1.54, 1.807) is 17.0 Å². The lowest BCUT2D eigenvalue weighted by Crippen LogP contribution is -2.37. The Morgan fingerprint density at radius 1 is 1.10 bits per heavy atom. The summed E-state index contributed by atoms with van der Waals surface area (Å²) < 4.78 is 0. The minimum atomic E-state index is -0.528. The van der Waals surface area contributed by atoms with Crippen molar-refractivity contribution in [1.29, 1.82) is 0 Å². The van der Waals surface area contributed by atoms with Crippen molar-refractivity contribution in [2.45, 2.75) is 0 Å². The van der Waals surface area contributed by atoms with Crippen LogP contribution in [0, 0.1) is 0 Å². The molecule has 0 bridgehead atoms. The first-order valence-corrected chi connectivity index (χ1v) is 6.20. The van der Waals surface area contributed by atoms with Gasteiger partial charge in [0.05, 0.1) is 19.8 Å². The number of benzene rings is 1. The zero-order valence-electron chi connectivity index (χ0n) is 11.1. The molecule has 2 amide bonds. The molecule has 0 atom stereocenters. The third-order valence-electron chi connectivity index (χ3n) is 2.65. The summed E-state index contributed by atoms with van der Waals surface area (Å²) in [5, 5.41) is 20.4. The van der Waals surface area contributed by atoms with E-state index < -0.39 is 5.91 Å². The van der Waals surface area contributed by atoms with Crippen LogP contribution in [-0.2, 0) is 4.79 Å². The summed E-state index contributed by atoms with van der Waals surface area (Å²) in [5.41, 5.74) is 6.03. The van der Waals surface area contributed by atoms with Crippen molar-refractivity contribution in [3.63, 3.8) is 0 Å². The van der Waals surface area contributed by atoms with E-state index in [0.717, 1.165) is 0 Å². The molecule has 0 spiro atoms. The molecule has 7 heteroatoms. The smallest absolute Gasteiger partial charge is 0.248 e. The van der Waals surface area contributed by atoms with Gasteiger partial charge in [-0.1, -0.05) is 0 Å². The van der Waals surface area contributed by atoms with Crippen molar-refractivity contribution in [3.05, 3.63) is 29.8 Å². The van der Waals surface area contributed by atoms with Crippen molar-refractivity contribution in [2.75, 3.05) is 38.2 Å². The molecular weight excluding hydrogens is 262 g/mol. The maximum Gasteiger partial charge on any atom is 0.248 e. The van der Waals surface area contributed by atoms with E-state index in [-0.39, 0.29) is 25.7 Å². The van der Waals surface area contributed by atoms with E-state index in [9.17, 15) is 9.59 Å². The topological polar surface area (TPSA) is 116 Å². The molecule has 0 saturated carbocycles. The van der Waals surface area contributed by atoms with Crippen molar-refractivity contribution >= 4 is 17.5 Å². The fraction of sp³-hybridized carbons (Fsp3) is 0.385. The first-order chi connectivity index (χ1) is 9.56. The van der Waals surface area contributed by atoms with Gasteiger partial charge in [0.25, 0.3) is 0 Å². The van der Waals surface area contributed by atoms with Gasteiger partial charge < -0.3 is 21.3 Å². The molecule has 0 aliphatic rings. The standard InChI is InChI=1S/C13H19N3O4/c14-13(20)10-1-3-11(4-2-10)15-12(19)9-16(5-7-17)6-8-18/h1-4,17-18H,5-9H2,(H2,14,20)(H,15,19). The lowest BCUT2D eigenvalue weighted by Gasteiger charge is -2.19. The Bertz CT molecular complexity index is 441. The van der Waals surface area contributed by atoms with E-state index in [2.05, 4.69) is 5.32 Å². The monoisotopic (exact) mass is 281 g/mol. The molecule has 5 N–H and O–H groups in total. The Hall–Kier alpha value is -1.96. The number of anilines is 1. The van der Waals surface area contributed by atoms with Crippen molar-refractivity contribution in [1.82, 2.24) is 4.90 Å². The Kier molecular flexibility index (Phi) is 6.65. The first-order valence-electron chi connectivity index (χ1n) is 6.20. The average Bonchev–Trinajstić information content (AvgIpc) is 2.39. The van der Waals surface area contributed by atoms with Gasteiger partial charge in [-0.15, -0.1) is 0 Å². The van der Waals surface area contributed by atoms with E-state index in [1.165, 1.54) is 12.1 Å². The number of aliphatic hydroxyl groups is 2. The molecule has 0 fully saturated rings. The molecule has 1 aromatic rings. The fourth-order valence-electron chi connectivity index (χ4n) is 1.67. The van der Waals surface area contributed by atoms with Gasteiger partial charge in [-0.3, -0.25) is 14.5 Å². The number of carbonyl (C=O) groups is 2. The molecule has 0 heterocycles. The van der Waals surface area contributed by atoms with Crippen LogP contribution in [0.15, 0.2) is 24.3 Å². The molecule has 0 aliphatic heterocycles. The van der Waals surface area contributed by atoms with Crippen LogP contribution in [0.5, 0.6) is 0 Å². The van der Waals surface area contributed by atoms with E-state index >= 15 is 0 Å². The molecule has 0 aliphatic carbocycles. The number of rotatable bonds is 8. The number of primary amides is 1. The molecule has 1 aromatic carbocycles. The number of nitrogens with one attached hydrogen (secondary N) is 1. The van der Waals surface area contributed by atoms with Crippen LogP contribution in [0.4, 0.5) is 5.69 Å². The Labute approximate surface area is 117 Å². The lowest BCUT2D eigenvalue weighted by atomic mass is 10.2. The SMILES string of the molecule is NC(=O)c1ccc(NC(=O)CN(CCO)CCO)cc1. The predicted molar refractivity (Wildman–Crippen MR) is 74.2 cm³/mol. The molecular formula is C13H19N3O4. The summed E-state index contributed by atoms with van der Waals surface area (Å²) in [6.45, 7) is 0.531. The zero-order valence-corrected chi connectivity index (χ0v) is 11.1. The molecule has 110 valence electrons. The molecule has 7 nitrogen and oxygen atoms in total. The maximum absolute atomic E-state index is 11.8. The molecule has 0 unspecified atom stereocenters. The summed E-state index contributed by atoms with van der Waals surface area (Å²) in [6.07, 6.45) is 0. The third-order valence-corrected chi connectivity index (χ3v) is 2.65. The second-order valence-electron chi connectivity index (χ2n) is 4.21. The minimum Gasteiger partial charge on any atom is -0.395 e. The first kappa shape index (κ1) is 16.1. The zero-order chi connectivity index (χ0) is 15.0. The molecule has 0 aromatic heterocycles. The van der Waals surface area contributed by atoms with E-state index in [1.807, 2.05) is 0 Å². The van der Waals surface area contributed by atoms with Gasteiger partial charge in [-0.05, 0) is 24.3 Å². The van der Waals surface area contributed by atoms with Gasteiger partial charge in [-0.2, -0.15) is 0 Å². The van der Waals surface area contributed by atoms with Crippen LogP contribution in [-0.4, -0.2) is 59.8 Å². The summed E-state index contributed by atoms with van der Waals surface area (Å²) in [5.74, 6) is -0.793. The van der Waals surface area contributed by atoms with Gasteiger partial charge in [0.2, 0.25) is 11.8 Å². The van der Waals surface area contributed by atoms with Crippen molar-refractivity contribution in [3.8, 4) is 0 Å². The van der Waals surface area contributed by atoms with E-state index in [0.29, 0.717) is 24.3 Å². The van der Waals surface area contributed by atoms with Crippen LogP contribution in [0.25, 0.3) is 0 Å². The third kappa shape index (κ3) is 5.35. The molecule has 0 radical (unpaired) electrons. The van der Waals surface area contributed by atoms with Gasteiger partial charge >= 0.3 is 0 Å². The quantitative estimate of drug-likeness (QED) is 0.488. The second-order valence-corrected chi connectivity index (χ2v) is 4.21. The van der Waals surface area contributed by atoms with Gasteiger partial charge in [0.15, 0.2) is 0 Å². The maximum atomic E-state index is 11.8. The molecule has 1 rings (SSSR count). The number of aliphatic hydroxyl groups excluding tert-OH is 2. The van der Waals surface area contributed by atoms with Gasteiger partial charge in [0.1, 0.15) is 0 Å². The number of carbonyl (C=O) groups excluding carboxylic acids is 2. The fourth-order valence-corrected chi connectivity index (χ4v) is 1.67. The van der Waals surface area contributed by atoms with Crippen molar-refractivity contribution < 1.29 is 19.8 Å². The molecule has 20 heavy (non-hydrogen) atoms. The van der Waals surface area contributed by atoms with Crippen LogP contribution in [0.1, 0.15) is 10.4 Å². The summed E-state index contributed by atoms with van der Waals surface area (Å²) in [4.78, 5) is 24.3. The number of hydrogen-bond acceptors (Lipinski definition) is 5. The Morgan fingerprint density at radius 2 is 1.65 bits per heavy atom. The van der Waals surface area contributed by atoms with Crippen LogP contribution < -0.4 is 11.1 Å². The second kappa shape index (κ2) is 8.26. The Balaban J connectivity index is 2.54. The van der Waals surface area contributed by atoms with Crippen LogP contribution in [0.3, 0.4) is 0 Å². The van der Waals surface area contributed by atoms with Gasteiger partial charge in [-0.25, -0.2) is 0 Å². The summed E-state index contributed by atoms with van der Waals surface area (Å²) in [6, 6.07) is 6.22. The largest absolute Gasteiger partial charge is 0.395 e.